The second-order valence-electron chi connectivity index (χ2n) is 4.13. The molecule has 0 bridgehead atoms. The van der Waals surface area contributed by atoms with Gasteiger partial charge >= 0.3 is 0 Å². The molecule has 1 heterocycles. The van der Waals surface area contributed by atoms with Gasteiger partial charge in [-0.2, -0.15) is 0 Å². The predicted octanol–water partition coefficient (Wildman–Crippen LogP) is 5.35. The van der Waals surface area contributed by atoms with E-state index in [0.29, 0.717) is 33.1 Å². The van der Waals surface area contributed by atoms with Crippen molar-refractivity contribution in [1.82, 2.24) is 9.97 Å². The third-order valence-electron chi connectivity index (χ3n) is 2.65. The maximum absolute atomic E-state index is 6.21. The van der Waals surface area contributed by atoms with Gasteiger partial charge in [0.15, 0.2) is 0 Å². The van der Waals surface area contributed by atoms with Crippen LogP contribution in [-0.2, 0) is 6.54 Å². The Kier molecular flexibility index (Phi) is 5.33. The smallest absolute Gasteiger partial charge is 0.148 e. The lowest BCUT2D eigenvalue weighted by molar-refractivity contribution is 0.960. The van der Waals surface area contributed by atoms with Crippen LogP contribution in [0.2, 0.25) is 15.1 Å². The lowest BCUT2D eigenvalue weighted by Gasteiger charge is -2.12. The number of nitrogens with one attached hydrogen (secondary N) is 1. The number of anilines is 1. The van der Waals surface area contributed by atoms with E-state index in [4.69, 9.17) is 46.4 Å². The highest BCUT2D eigenvalue weighted by Gasteiger charge is 2.13. The third-order valence-corrected chi connectivity index (χ3v) is 3.82. The minimum atomic E-state index is -0.287. The van der Waals surface area contributed by atoms with Crippen molar-refractivity contribution in [2.24, 2.45) is 0 Å². The summed E-state index contributed by atoms with van der Waals surface area (Å²) < 4.78 is 0. The first-order chi connectivity index (χ1) is 9.49. The van der Waals surface area contributed by atoms with E-state index in [1.54, 1.807) is 19.1 Å². The topological polar surface area (TPSA) is 37.8 Å². The number of aromatic nitrogens is 2. The zero-order chi connectivity index (χ0) is 14.7. The summed E-state index contributed by atoms with van der Waals surface area (Å²) in [6, 6.07) is 5.31. The van der Waals surface area contributed by atoms with Crippen LogP contribution in [0, 0.1) is 0 Å². The second kappa shape index (κ2) is 6.81. The maximum Gasteiger partial charge on any atom is 0.148 e. The average Bonchev–Trinajstić information content (AvgIpc) is 2.39. The molecular formula is C13H11Cl4N3. The van der Waals surface area contributed by atoms with Gasteiger partial charge in [-0.05, 0) is 24.6 Å². The lowest BCUT2D eigenvalue weighted by atomic mass is 10.2. The van der Waals surface area contributed by atoms with Gasteiger partial charge in [0.05, 0.1) is 11.1 Å². The van der Waals surface area contributed by atoms with Crippen molar-refractivity contribution in [3.05, 3.63) is 50.9 Å². The van der Waals surface area contributed by atoms with Crippen molar-refractivity contribution in [3.8, 4) is 0 Å². The van der Waals surface area contributed by atoms with Gasteiger partial charge in [-0.1, -0.05) is 40.9 Å². The summed E-state index contributed by atoms with van der Waals surface area (Å²) in [4.78, 5) is 8.17. The third kappa shape index (κ3) is 3.67. The predicted molar refractivity (Wildman–Crippen MR) is 85.1 cm³/mol. The number of benzene rings is 1. The Balaban J connectivity index is 2.17. The Labute approximate surface area is 137 Å². The first-order valence-electron chi connectivity index (χ1n) is 5.81. The minimum Gasteiger partial charge on any atom is -0.365 e. The molecule has 0 saturated carbocycles. The molecular weight excluding hydrogens is 340 g/mol. The van der Waals surface area contributed by atoms with Gasteiger partial charge < -0.3 is 5.32 Å². The molecule has 0 aliphatic rings. The highest BCUT2D eigenvalue weighted by molar-refractivity contribution is 6.35. The van der Waals surface area contributed by atoms with Crippen LogP contribution in [-0.4, -0.2) is 9.97 Å². The highest BCUT2D eigenvalue weighted by Crippen LogP contribution is 2.30. The summed E-state index contributed by atoms with van der Waals surface area (Å²) in [5, 5.41) is 4.42. The molecule has 0 unspecified atom stereocenters. The van der Waals surface area contributed by atoms with Crippen LogP contribution in [0.15, 0.2) is 24.5 Å². The molecule has 1 aromatic carbocycles. The standard InChI is InChI=1S/C13H11Cl4N3/c1-7(14)12-11(17)13(20-6-19-12)18-5-8-2-3-9(15)4-10(8)16/h2-4,6-7H,5H2,1H3,(H,18,19,20)/t7-/m0/s1. The summed E-state index contributed by atoms with van der Waals surface area (Å²) in [5.41, 5.74) is 1.49. The van der Waals surface area contributed by atoms with Crippen molar-refractivity contribution < 1.29 is 0 Å². The number of hydrogen-bond acceptors (Lipinski definition) is 3. The fourth-order valence-corrected chi connectivity index (χ4v) is 2.65. The van der Waals surface area contributed by atoms with Crippen LogP contribution < -0.4 is 5.32 Å². The van der Waals surface area contributed by atoms with Crippen molar-refractivity contribution in [3.63, 3.8) is 0 Å². The van der Waals surface area contributed by atoms with Crippen molar-refractivity contribution in [1.29, 1.82) is 0 Å². The SMILES string of the molecule is C[C@H](Cl)c1ncnc(NCc2ccc(Cl)cc2Cl)c1Cl. The van der Waals surface area contributed by atoms with Gasteiger partial charge in [0.1, 0.15) is 17.2 Å². The molecule has 20 heavy (non-hydrogen) atoms. The van der Waals surface area contributed by atoms with E-state index in [-0.39, 0.29) is 5.38 Å². The van der Waals surface area contributed by atoms with E-state index in [9.17, 15) is 0 Å². The number of hydrogen-bond donors (Lipinski definition) is 1. The van der Waals surface area contributed by atoms with E-state index in [2.05, 4.69) is 15.3 Å². The summed E-state index contributed by atoms with van der Waals surface area (Å²) >= 11 is 24.2. The Hall–Kier alpha value is -0.740. The number of nitrogens with zero attached hydrogens (tertiary/aromatic N) is 2. The Morgan fingerprint density at radius 3 is 2.60 bits per heavy atom. The maximum atomic E-state index is 6.21. The van der Waals surface area contributed by atoms with Crippen LogP contribution in [0.5, 0.6) is 0 Å². The molecule has 0 saturated heterocycles. The average molecular weight is 351 g/mol. The minimum absolute atomic E-state index is 0.287. The molecule has 1 atom stereocenters. The van der Waals surface area contributed by atoms with Gasteiger partial charge in [0.25, 0.3) is 0 Å². The molecule has 3 nitrogen and oxygen atoms in total. The Bertz CT molecular complexity index is 617. The lowest BCUT2D eigenvalue weighted by Crippen LogP contribution is -2.05. The Morgan fingerprint density at radius 2 is 1.95 bits per heavy atom. The van der Waals surface area contributed by atoms with E-state index in [0.717, 1.165) is 5.56 Å². The number of alkyl halides is 1. The number of halogens is 4. The molecule has 0 spiro atoms. The van der Waals surface area contributed by atoms with E-state index in [1.165, 1.54) is 6.33 Å². The second-order valence-corrected chi connectivity index (χ2v) is 6.00. The zero-order valence-corrected chi connectivity index (χ0v) is 13.5. The molecule has 2 rings (SSSR count). The molecule has 0 aliphatic carbocycles. The van der Waals surface area contributed by atoms with E-state index < -0.39 is 0 Å². The molecule has 0 radical (unpaired) electrons. The fraction of sp³-hybridized carbons (Fsp3) is 0.231. The first-order valence-corrected chi connectivity index (χ1v) is 7.38. The van der Waals surface area contributed by atoms with Crippen LogP contribution >= 0.6 is 46.4 Å². The van der Waals surface area contributed by atoms with Crippen molar-refractivity contribution in [2.45, 2.75) is 18.8 Å². The van der Waals surface area contributed by atoms with Gasteiger partial charge in [-0.25, -0.2) is 9.97 Å². The molecule has 1 aromatic heterocycles. The molecule has 7 heteroatoms. The summed E-state index contributed by atoms with van der Waals surface area (Å²) in [7, 11) is 0. The molecule has 0 amide bonds. The molecule has 106 valence electrons. The monoisotopic (exact) mass is 349 g/mol. The van der Waals surface area contributed by atoms with Crippen LogP contribution in [0.4, 0.5) is 5.82 Å². The summed E-state index contributed by atoms with van der Waals surface area (Å²) in [6.45, 7) is 2.28. The largest absolute Gasteiger partial charge is 0.365 e. The van der Waals surface area contributed by atoms with Crippen molar-refractivity contribution in [2.75, 3.05) is 5.32 Å². The first kappa shape index (κ1) is 15.6. The van der Waals surface area contributed by atoms with Gasteiger partial charge in [0, 0.05) is 16.6 Å². The van der Waals surface area contributed by atoms with E-state index in [1.807, 2.05) is 6.07 Å². The van der Waals surface area contributed by atoms with Crippen LogP contribution in [0.3, 0.4) is 0 Å². The normalized spacial score (nSPS) is 12.2. The summed E-state index contributed by atoms with van der Waals surface area (Å²) in [6.07, 6.45) is 1.42. The fourth-order valence-electron chi connectivity index (χ4n) is 1.63. The summed E-state index contributed by atoms with van der Waals surface area (Å²) in [5.74, 6) is 0.523. The molecule has 0 fully saturated rings. The van der Waals surface area contributed by atoms with Gasteiger partial charge in [0.2, 0.25) is 0 Å². The van der Waals surface area contributed by atoms with Gasteiger partial charge in [-0.3, -0.25) is 0 Å². The van der Waals surface area contributed by atoms with Gasteiger partial charge in [-0.15, -0.1) is 11.6 Å². The van der Waals surface area contributed by atoms with Crippen LogP contribution in [0.25, 0.3) is 0 Å². The quantitative estimate of drug-likeness (QED) is 0.755. The molecule has 1 N–H and O–H groups in total. The zero-order valence-electron chi connectivity index (χ0n) is 10.5. The number of rotatable bonds is 4. The van der Waals surface area contributed by atoms with Crippen LogP contribution in [0.1, 0.15) is 23.6 Å². The van der Waals surface area contributed by atoms with Crippen molar-refractivity contribution >= 4 is 52.2 Å². The van der Waals surface area contributed by atoms with E-state index >= 15 is 0 Å². The Morgan fingerprint density at radius 1 is 1.20 bits per heavy atom. The molecule has 0 aliphatic heterocycles. The highest BCUT2D eigenvalue weighted by atomic mass is 35.5. The molecule has 2 aromatic rings.